The second-order valence-electron chi connectivity index (χ2n) is 8.95. The van der Waals surface area contributed by atoms with Crippen LogP contribution in [0.25, 0.3) is 5.69 Å². The van der Waals surface area contributed by atoms with Crippen LogP contribution in [0.5, 0.6) is 0 Å². The maximum Gasteiger partial charge on any atom is 0.416 e. The molecule has 0 aliphatic carbocycles. The number of carbonyl (C=O) groups excluding carboxylic acids is 1. The average Bonchev–Trinajstić information content (AvgIpc) is 3.09. The van der Waals surface area contributed by atoms with Crippen LogP contribution in [-0.2, 0) is 6.18 Å². The fourth-order valence-corrected chi connectivity index (χ4v) is 4.56. The van der Waals surface area contributed by atoms with Gasteiger partial charge in [0.05, 0.1) is 23.1 Å². The first-order chi connectivity index (χ1) is 17.1. The summed E-state index contributed by atoms with van der Waals surface area (Å²) in [7, 11) is 0. The molecule has 0 bridgehead atoms. The molecule has 1 atom stereocenters. The average molecular weight is 501 g/mol. The number of anilines is 2. The Morgan fingerprint density at radius 3 is 2.56 bits per heavy atom. The highest BCUT2D eigenvalue weighted by atomic mass is 19.4. The van der Waals surface area contributed by atoms with Crippen LogP contribution >= 0.6 is 0 Å². The lowest BCUT2D eigenvalue weighted by Crippen LogP contribution is -2.31. The van der Waals surface area contributed by atoms with Gasteiger partial charge >= 0.3 is 6.18 Å². The Morgan fingerprint density at radius 1 is 1.14 bits per heavy atom. The van der Waals surface area contributed by atoms with Gasteiger partial charge in [0.1, 0.15) is 17.7 Å². The molecule has 4 N–H and O–H groups in total. The molecule has 11 heteroatoms. The van der Waals surface area contributed by atoms with E-state index in [1.807, 2.05) is 0 Å². The summed E-state index contributed by atoms with van der Waals surface area (Å²) in [5, 5.41) is 6.13. The number of amides is 1. The number of nitrogen functional groups attached to an aromatic ring is 1. The largest absolute Gasteiger partial charge is 0.416 e. The predicted octanol–water partition coefficient (Wildman–Crippen LogP) is 4.30. The summed E-state index contributed by atoms with van der Waals surface area (Å²) < 4.78 is 40.6. The lowest BCUT2D eigenvalue weighted by molar-refractivity contribution is -0.137. The summed E-state index contributed by atoms with van der Waals surface area (Å²) in [5.41, 5.74) is 5.78. The van der Waals surface area contributed by atoms with Crippen LogP contribution < -0.4 is 21.9 Å². The first-order valence-electron chi connectivity index (χ1n) is 11.6. The summed E-state index contributed by atoms with van der Waals surface area (Å²) in [6, 6.07) is 3.80. The summed E-state index contributed by atoms with van der Waals surface area (Å²) in [5.74, 6) is -1.07. The van der Waals surface area contributed by atoms with Gasteiger partial charge < -0.3 is 16.4 Å². The third-order valence-electron chi connectivity index (χ3n) is 6.27. The molecule has 8 nitrogen and oxygen atoms in total. The number of aryl methyl sites for hydroxylation is 2. The van der Waals surface area contributed by atoms with Gasteiger partial charge in [-0.1, -0.05) is 12.8 Å². The van der Waals surface area contributed by atoms with E-state index in [1.54, 1.807) is 12.3 Å². The number of benzene rings is 1. The number of nitrogens with one attached hydrogen (secondary N) is 2. The fourth-order valence-electron chi connectivity index (χ4n) is 4.56. The zero-order valence-corrected chi connectivity index (χ0v) is 19.9. The summed E-state index contributed by atoms with van der Waals surface area (Å²) in [6.07, 6.45) is 4.07. The Bertz CT molecular complexity index is 1320. The van der Waals surface area contributed by atoms with Crippen LogP contribution in [0.2, 0.25) is 0 Å². The quantitative estimate of drug-likeness (QED) is 0.492. The third kappa shape index (κ3) is 5.25. The van der Waals surface area contributed by atoms with Crippen LogP contribution in [0, 0.1) is 13.8 Å². The summed E-state index contributed by atoms with van der Waals surface area (Å²) in [4.78, 5) is 34.6. The van der Waals surface area contributed by atoms with Gasteiger partial charge in [-0.05, 0) is 68.1 Å². The van der Waals surface area contributed by atoms with Crippen molar-refractivity contribution in [1.82, 2.24) is 19.9 Å². The van der Waals surface area contributed by atoms with E-state index in [1.165, 1.54) is 20.0 Å². The number of alkyl halides is 3. The molecule has 3 aromatic rings. The van der Waals surface area contributed by atoms with Crippen molar-refractivity contribution in [3.05, 3.63) is 75.1 Å². The third-order valence-corrected chi connectivity index (χ3v) is 6.27. The van der Waals surface area contributed by atoms with Gasteiger partial charge in [0.2, 0.25) is 0 Å². The number of aromatic nitrogens is 3. The minimum Gasteiger partial charge on any atom is -0.383 e. The Hall–Kier alpha value is -3.73. The van der Waals surface area contributed by atoms with Gasteiger partial charge in [-0.2, -0.15) is 13.2 Å². The van der Waals surface area contributed by atoms with E-state index < -0.39 is 28.8 Å². The number of halogens is 3. The number of hydrogen-bond donors (Lipinski definition) is 3. The van der Waals surface area contributed by atoms with Crippen molar-refractivity contribution >= 4 is 17.4 Å². The van der Waals surface area contributed by atoms with Crippen molar-refractivity contribution in [2.75, 3.05) is 17.6 Å². The zero-order chi connectivity index (χ0) is 26.0. The van der Waals surface area contributed by atoms with E-state index >= 15 is 0 Å². The number of rotatable bonds is 4. The highest BCUT2D eigenvalue weighted by Crippen LogP contribution is 2.33. The van der Waals surface area contributed by atoms with Gasteiger partial charge in [0.25, 0.3) is 11.5 Å². The highest BCUT2D eigenvalue weighted by molar-refractivity contribution is 6.06. The Morgan fingerprint density at radius 2 is 1.86 bits per heavy atom. The molecule has 2 aromatic heterocycles. The van der Waals surface area contributed by atoms with E-state index in [4.69, 9.17) is 5.73 Å². The van der Waals surface area contributed by atoms with E-state index in [9.17, 15) is 22.8 Å². The van der Waals surface area contributed by atoms with Crippen molar-refractivity contribution in [2.24, 2.45) is 0 Å². The zero-order valence-electron chi connectivity index (χ0n) is 19.9. The van der Waals surface area contributed by atoms with Crippen LogP contribution in [0.1, 0.15) is 64.3 Å². The Balaban J connectivity index is 1.66. The summed E-state index contributed by atoms with van der Waals surface area (Å²) >= 11 is 0. The molecule has 1 saturated heterocycles. The molecule has 0 radical (unpaired) electrons. The molecule has 1 aliphatic heterocycles. The SMILES string of the molecule is Cc1cc(C(F)(F)F)cc(C)c1-n1cnc(N)c(C(=O)Nc2cncc([C@H]3CCCCCN3)c2)c1=O. The molecular weight excluding hydrogens is 473 g/mol. The van der Waals surface area contributed by atoms with Crippen LogP contribution in [0.15, 0.2) is 41.7 Å². The molecule has 1 amide bonds. The first-order valence-corrected chi connectivity index (χ1v) is 11.6. The maximum atomic E-state index is 13.3. The van der Waals surface area contributed by atoms with Crippen LogP contribution in [0.4, 0.5) is 24.7 Å². The molecule has 1 fully saturated rings. The number of hydrogen-bond acceptors (Lipinski definition) is 6. The lowest BCUT2D eigenvalue weighted by Gasteiger charge is -2.18. The molecule has 1 aliphatic rings. The van der Waals surface area contributed by atoms with Crippen LogP contribution in [-0.4, -0.2) is 27.0 Å². The summed E-state index contributed by atoms with van der Waals surface area (Å²) in [6.45, 7) is 3.81. The van der Waals surface area contributed by atoms with Crippen molar-refractivity contribution in [1.29, 1.82) is 0 Å². The van der Waals surface area contributed by atoms with Crippen molar-refractivity contribution in [3.63, 3.8) is 0 Å². The monoisotopic (exact) mass is 500 g/mol. The molecule has 1 aromatic carbocycles. The minimum atomic E-state index is -4.53. The number of pyridine rings is 1. The predicted molar refractivity (Wildman–Crippen MR) is 130 cm³/mol. The molecule has 0 saturated carbocycles. The van der Waals surface area contributed by atoms with Crippen molar-refractivity contribution < 1.29 is 18.0 Å². The molecule has 0 spiro atoms. The Labute approximate surface area is 205 Å². The molecule has 190 valence electrons. The number of nitrogens with zero attached hydrogens (tertiary/aromatic N) is 3. The maximum absolute atomic E-state index is 13.3. The topological polar surface area (TPSA) is 115 Å². The van der Waals surface area contributed by atoms with E-state index in [0.29, 0.717) is 5.69 Å². The number of carbonyl (C=O) groups is 1. The van der Waals surface area contributed by atoms with E-state index in [-0.39, 0.29) is 28.7 Å². The van der Waals surface area contributed by atoms with Gasteiger partial charge in [-0.25, -0.2) is 4.98 Å². The standard InChI is InChI=1S/C25H27F3N6O2/c1-14-8-17(25(26,27)28)9-15(2)21(14)34-13-32-22(29)20(24(34)36)23(35)33-18-10-16(11-30-12-18)19-6-4-3-5-7-31-19/h8-13,19,31H,3-7,29H2,1-2H3,(H,33,35)/t19-/m1/s1. The Kier molecular flexibility index (Phi) is 7.11. The molecule has 36 heavy (non-hydrogen) atoms. The normalized spacial score (nSPS) is 16.4. The van der Waals surface area contributed by atoms with Gasteiger partial charge in [-0.15, -0.1) is 0 Å². The minimum absolute atomic E-state index is 0.114. The van der Waals surface area contributed by atoms with Crippen LogP contribution in [0.3, 0.4) is 0 Å². The van der Waals surface area contributed by atoms with Crippen molar-refractivity contribution in [3.8, 4) is 5.69 Å². The number of nitrogens with two attached hydrogens (primary N) is 1. The van der Waals surface area contributed by atoms with Crippen molar-refractivity contribution in [2.45, 2.75) is 51.7 Å². The molecule has 0 unspecified atom stereocenters. The van der Waals surface area contributed by atoms with Gasteiger partial charge in [0.15, 0.2) is 0 Å². The van der Waals surface area contributed by atoms with E-state index in [0.717, 1.165) is 60.8 Å². The lowest BCUT2D eigenvalue weighted by atomic mass is 10.0. The molecule has 4 rings (SSSR count). The fraction of sp³-hybridized carbons (Fsp3) is 0.360. The highest BCUT2D eigenvalue weighted by Gasteiger charge is 2.32. The van der Waals surface area contributed by atoms with Gasteiger partial charge in [0, 0.05) is 12.2 Å². The van der Waals surface area contributed by atoms with Gasteiger partial charge in [-0.3, -0.25) is 19.1 Å². The second kappa shape index (κ2) is 10.1. The second-order valence-corrected chi connectivity index (χ2v) is 8.95. The smallest absolute Gasteiger partial charge is 0.383 e. The van der Waals surface area contributed by atoms with E-state index in [2.05, 4.69) is 20.6 Å². The molecular formula is C25H27F3N6O2. The molecule has 3 heterocycles. The first kappa shape index (κ1) is 25.4.